The summed E-state index contributed by atoms with van der Waals surface area (Å²) >= 11 is 6.02. The topological polar surface area (TPSA) is 109 Å². The number of aromatic nitrogens is 2. The highest BCUT2D eigenvalue weighted by Crippen LogP contribution is 2.30. The lowest BCUT2D eigenvalue weighted by molar-refractivity contribution is -0.384. The molecule has 0 radical (unpaired) electrons. The summed E-state index contributed by atoms with van der Waals surface area (Å²) in [5, 5.41) is 18.9. The molecule has 35 heavy (non-hydrogen) atoms. The van der Waals surface area contributed by atoms with E-state index in [1.807, 2.05) is 26.0 Å². The summed E-state index contributed by atoms with van der Waals surface area (Å²) in [6, 6.07) is 18.1. The normalized spacial score (nSPS) is 10.6. The van der Waals surface area contributed by atoms with E-state index < -0.39 is 10.8 Å². The van der Waals surface area contributed by atoms with Crippen molar-refractivity contribution in [3.8, 4) is 17.2 Å². The van der Waals surface area contributed by atoms with Crippen LogP contribution in [0.1, 0.15) is 21.6 Å². The first kappa shape index (κ1) is 23.8. The van der Waals surface area contributed by atoms with Crippen LogP contribution < -0.4 is 14.8 Å². The number of non-ortho nitro benzene ring substituents is 1. The van der Waals surface area contributed by atoms with Gasteiger partial charge >= 0.3 is 0 Å². The number of carbonyl (C=O) groups excluding carboxylic acids is 1. The van der Waals surface area contributed by atoms with Crippen LogP contribution in [0.2, 0.25) is 5.02 Å². The number of benzene rings is 3. The van der Waals surface area contributed by atoms with Crippen LogP contribution in [0, 0.1) is 24.0 Å². The van der Waals surface area contributed by atoms with Gasteiger partial charge in [-0.3, -0.25) is 14.9 Å². The third-order valence-corrected chi connectivity index (χ3v) is 5.41. The van der Waals surface area contributed by atoms with Crippen LogP contribution in [-0.4, -0.2) is 20.6 Å². The number of amides is 1. The average Bonchev–Trinajstić information content (AvgIpc) is 3.30. The van der Waals surface area contributed by atoms with Crippen LogP contribution in [0.5, 0.6) is 17.2 Å². The fourth-order valence-corrected chi connectivity index (χ4v) is 3.28. The Morgan fingerprint density at radius 3 is 2.49 bits per heavy atom. The van der Waals surface area contributed by atoms with E-state index in [-0.39, 0.29) is 29.5 Å². The monoisotopic (exact) mass is 492 g/mol. The van der Waals surface area contributed by atoms with E-state index in [9.17, 15) is 14.9 Å². The molecule has 0 bridgehead atoms. The van der Waals surface area contributed by atoms with Gasteiger partial charge in [0.25, 0.3) is 11.6 Å². The number of hydrogen-bond acceptors (Lipinski definition) is 6. The number of nitro benzene ring substituents is 1. The van der Waals surface area contributed by atoms with E-state index in [0.717, 1.165) is 11.1 Å². The molecule has 0 saturated carbocycles. The molecule has 4 rings (SSSR count). The van der Waals surface area contributed by atoms with Crippen LogP contribution in [0.4, 0.5) is 11.4 Å². The molecule has 0 saturated heterocycles. The first-order valence-electron chi connectivity index (χ1n) is 10.5. The van der Waals surface area contributed by atoms with E-state index in [4.69, 9.17) is 21.1 Å². The minimum absolute atomic E-state index is 0.0830. The number of anilines is 1. The fraction of sp³-hybridized carbons (Fsp3) is 0.120. The van der Waals surface area contributed by atoms with Crippen LogP contribution in [-0.2, 0) is 6.73 Å². The molecule has 1 N–H and O–H groups in total. The summed E-state index contributed by atoms with van der Waals surface area (Å²) in [7, 11) is 0. The highest BCUT2D eigenvalue weighted by Gasteiger charge is 2.16. The summed E-state index contributed by atoms with van der Waals surface area (Å²) in [4.78, 5) is 23.6. The molecular weight excluding hydrogens is 472 g/mol. The molecule has 0 aliphatic carbocycles. The van der Waals surface area contributed by atoms with Gasteiger partial charge in [-0.15, -0.1) is 0 Å². The Balaban J connectivity index is 1.45. The van der Waals surface area contributed by atoms with Gasteiger partial charge in [-0.25, -0.2) is 4.68 Å². The third-order valence-electron chi connectivity index (χ3n) is 4.98. The summed E-state index contributed by atoms with van der Waals surface area (Å²) in [6.07, 6.45) is 1.59. The zero-order valence-corrected chi connectivity index (χ0v) is 19.7. The molecule has 0 unspecified atom stereocenters. The predicted octanol–water partition coefficient (Wildman–Crippen LogP) is 6.14. The zero-order valence-electron chi connectivity index (χ0n) is 18.9. The van der Waals surface area contributed by atoms with E-state index >= 15 is 0 Å². The summed E-state index contributed by atoms with van der Waals surface area (Å²) in [6.45, 7) is 3.90. The van der Waals surface area contributed by atoms with E-state index in [1.54, 1.807) is 36.5 Å². The number of nitro groups is 1. The second-order valence-corrected chi connectivity index (χ2v) is 8.17. The maximum Gasteiger partial charge on any atom is 0.276 e. The van der Waals surface area contributed by atoms with Crippen molar-refractivity contribution in [1.29, 1.82) is 0 Å². The smallest absolute Gasteiger partial charge is 0.276 e. The molecule has 1 amide bonds. The van der Waals surface area contributed by atoms with E-state index in [1.165, 1.54) is 28.9 Å². The number of nitrogens with zero attached hydrogens (tertiary/aromatic N) is 3. The average molecular weight is 493 g/mol. The minimum Gasteiger partial charge on any atom is -0.471 e. The fourth-order valence-electron chi connectivity index (χ4n) is 3.16. The lowest BCUT2D eigenvalue weighted by Gasteiger charge is -2.09. The van der Waals surface area contributed by atoms with Crippen molar-refractivity contribution < 1.29 is 19.2 Å². The van der Waals surface area contributed by atoms with Gasteiger partial charge in [0.15, 0.2) is 12.4 Å². The standard InChI is InChI=1S/C25H21ClN4O5/c1-16-3-5-20(6-4-16)35-22-13-18(12-19(14-22)30(32)33)27-25(31)24-9-10-29(28-24)15-34-21-7-8-23(26)17(2)11-21/h3-14H,15H2,1-2H3,(H,27,31). The molecule has 9 nitrogen and oxygen atoms in total. The first-order valence-corrected chi connectivity index (χ1v) is 10.9. The Morgan fingerprint density at radius 2 is 1.77 bits per heavy atom. The molecule has 1 aromatic heterocycles. The number of ether oxygens (including phenoxy) is 2. The van der Waals surface area contributed by atoms with Crippen LogP contribution in [0.3, 0.4) is 0 Å². The van der Waals surface area contributed by atoms with Crippen LogP contribution >= 0.6 is 11.6 Å². The number of nitrogens with one attached hydrogen (secondary N) is 1. The molecule has 0 atom stereocenters. The molecule has 0 fully saturated rings. The van der Waals surface area contributed by atoms with Crippen molar-refractivity contribution in [2.75, 3.05) is 5.32 Å². The highest BCUT2D eigenvalue weighted by atomic mass is 35.5. The molecule has 1 heterocycles. The summed E-state index contributed by atoms with van der Waals surface area (Å²) in [5.74, 6) is 0.817. The van der Waals surface area contributed by atoms with Gasteiger partial charge in [-0.2, -0.15) is 5.10 Å². The number of carbonyl (C=O) groups is 1. The maximum atomic E-state index is 12.7. The quantitative estimate of drug-likeness (QED) is 0.233. The van der Waals surface area contributed by atoms with Gasteiger partial charge in [0, 0.05) is 23.4 Å². The van der Waals surface area contributed by atoms with Gasteiger partial charge in [-0.1, -0.05) is 29.3 Å². The Morgan fingerprint density at radius 1 is 1.03 bits per heavy atom. The molecular formula is C25H21ClN4O5. The molecule has 3 aromatic carbocycles. The summed E-state index contributed by atoms with van der Waals surface area (Å²) < 4.78 is 12.9. The van der Waals surface area contributed by atoms with Gasteiger partial charge in [0.1, 0.15) is 17.2 Å². The Bertz CT molecular complexity index is 1390. The van der Waals surface area contributed by atoms with Crippen molar-refractivity contribution in [2.45, 2.75) is 20.6 Å². The second kappa shape index (κ2) is 10.3. The largest absolute Gasteiger partial charge is 0.471 e. The molecule has 0 aliphatic rings. The second-order valence-electron chi connectivity index (χ2n) is 7.77. The van der Waals surface area contributed by atoms with Crippen molar-refractivity contribution in [1.82, 2.24) is 9.78 Å². The number of hydrogen-bond donors (Lipinski definition) is 1. The zero-order chi connectivity index (χ0) is 24.9. The SMILES string of the molecule is Cc1ccc(Oc2cc(NC(=O)c3ccn(COc4ccc(Cl)c(C)c4)n3)cc([N+](=O)[O-])c2)cc1. The van der Waals surface area contributed by atoms with Gasteiger partial charge < -0.3 is 14.8 Å². The predicted molar refractivity (Wildman–Crippen MR) is 131 cm³/mol. The lowest BCUT2D eigenvalue weighted by Crippen LogP contribution is -2.14. The van der Waals surface area contributed by atoms with Gasteiger partial charge in [-0.05, 0) is 55.8 Å². The molecule has 10 heteroatoms. The van der Waals surface area contributed by atoms with E-state index in [2.05, 4.69) is 10.4 Å². The Hall–Kier alpha value is -4.37. The molecule has 0 aliphatic heterocycles. The maximum absolute atomic E-state index is 12.7. The third kappa shape index (κ3) is 6.15. The minimum atomic E-state index is -0.553. The molecule has 4 aromatic rings. The number of rotatable bonds is 8. The highest BCUT2D eigenvalue weighted by molar-refractivity contribution is 6.31. The first-order chi connectivity index (χ1) is 16.8. The van der Waals surface area contributed by atoms with Crippen molar-refractivity contribution >= 4 is 28.9 Å². The van der Waals surface area contributed by atoms with Crippen molar-refractivity contribution in [3.05, 3.63) is 105 Å². The van der Waals surface area contributed by atoms with Gasteiger partial charge in [0.05, 0.1) is 16.7 Å². The summed E-state index contributed by atoms with van der Waals surface area (Å²) in [5.41, 5.74) is 2.04. The van der Waals surface area contributed by atoms with Crippen molar-refractivity contribution in [2.24, 2.45) is 0 Å². The Kier molecular flexibility index (Phi) is 6.98. The van der Waals surface area contributed by atoms with Gasteiger partial charge in [0.2, 0.25) is 0 Å². The lowest BCUT2D eigenvalue weighted by atomic mass is 10.2. The van der Waals surface area contributed by atoms with E-state index in [0.29, 0.717) is 16.5 Å². The van der Waals surface area contributed by atoms with Crippen LogP contribution in [0.15, 0.2) is 72.9 Å². The van der Waals surface area contributed by atoms with Crippen molar-refractivity contribution in [3.63, 3.8) is 0 Å². The number of aryl methyl sites for hydroxylation is 2. The molecule has 178 valence electrons. The molecule has 0 spiro atoms. The number of halogens is 1. The van der Waals surface area contributed by atoms with Crippen LogP contribution in [0.25, 0.3) is 0 Å². The Labute approximate surface area is 206 Å².